The number of aromatic hydroxyl groups is 1. The van der Waals surface area contributed by atoms with Crippen molar-refractivity contribution in [3.63, 3.8) is 0 Å². The van der Waals surface area contributed by atoms with Crippen LogP contribution in [0.2, 0.25) is 0 Å². The first-order chi connectivity index (χ1) is 6.60. The van der Waals surface area contributed by atoms with Gasteiger partial charge in [-0.3, -0.25) is 0 Å². The third kappa shape index (κ3) is 1.99. The van der Waals surface area contributed by atoms with Crippen molar-refractivity contribution < 1.29 is 9.84 Å². The fraction of sp³-hybridized carbons (Fsp3) is 0.455. The summed E-state index contributed by atoms with van der Waals surface area (Å²) in [5.74, 6) is 1.05. The van der Waals surface area contributed by atoms with Gasteiger partial charge in [-0.1, -0.05) is 19.9 Å². The first-order valence-electron chi connectivity index (χ1n) is 4.70. The van der Waals surface area contributed by atoms with Crippen molar-refractivity contribution in [1.29, 1.82) is 0 Å². The Labute approximate surface area is 84.5 Å². The van der Waals surface area contributed by atoms with Gasteiger partial charge in [0.25, 0.3) is 0 Å². The third-order valence-corrected chi connectivity index (χ3v) is 2.28. The van der Waals surface area contributed by atoms with Crippen LogP contribution >= 0.6 is 0 Å². The minimum Gasteiger partial charge on any atom is -0.504 e. The van der Waals surface area contributed by atoms with E-state index in [4.69, 9.17) is 10.5 Å². The van der Waals surface area contributed by atoms with Crippen molar-refractivity contribution in [2.45, 2.75) is 26.3 Å². The molecule has 0 aromatic heterocycles. The van der Waals surface area contributed by atoms with E-state index in [-0.39, 0.29) is 5.75 Å². The highest BCUT2D eigenvalue weighted by Crippen LogP contribution is 2.33. The topological polar surface area (TPSA) is 55.5 Å². The second kappa shape index (κ2) is 4.33. The molecule has 3 nitrogen and oxygen atoms in total. The average molecular weight is 195 g/mol. The van der Waals surface area contributed by atoms with Crippen LogP contribution in [0.1, 0.15) is 30.9 Å². The summed E-state index contributed by atoms with van der Waals surface area (Å²) in [6.07, 6.45) is 0. The molecule has 1 aromatic rings. The van der Waals surface area contributed by atoms with Gasteiger partial charge in [0, 0.05) is 12.1 Å². The Bertz CT molecular complexity index is 296. The second-order valence-corrected chi connectivity index (χ2v) is 3.59. The van der Waals surface area contributed by atoms with Crippen LogP contribution in [0.5, 0.6) is 11.5 Å². The van der Waals surface area contributed by atoms with Crippen LogP contribution in [0.3, 0.4) is 0 Å². The quantitative estimate of drug-likeness (QED) is 0.775. The zero-order valence-electron chi connectivity index (χ0n) is 8.87. The summed E-state index contributed by atoms with van der Waals surface area (Å²) in [7, 11) is 1.54. The lowest BCUT2D eigenvalue weighted by atomic mass is 9.99. The maximum absolute atomic E-state index is 9.69. The molecular formula is C11H17NO2. The van der Waals surface area contributed by atoms with Crippen molar-refractivity contribution in [2.24, 2.45) is 5.73 Å². The molecule has 0 fully saturated rings. The van der Waals surface area contributed by atoms with Gasteiger partial charge in [0.1, 0.15) is 0 Å². The highest BCUT2D eigenvalue weighted by molar-refractivity contribution is 5.49. The summed E-state index contributed by atoms with van der Waals surface area (Å²) in [5.41, 5.74) is 7.38. The minimum atomic E-state index is 0.152. The summed E-state index contributed by atoms with van der Waals surface area (Å²) in [4.78, 5) is 0. The van der Waals surface area contributed by atoms with Crippen LogP contribution in [-0.4, -0.2) is 12.2 Å². The number of nitrogens with two attached hydrogens (primary N) is 1. The number of rotatable bonds is 3. The van der Waals surface area contributed by atoms with E-state index in [1.807, 2.05) is 12.1 Å². The number of hydrogen-bond donors (Lipinski definition) is 2. The van der Waals surface area contributed by atoms with Crippen LogP contribution < -0.4 is 10.5 Å². The van der Waals surface area contributed by atoms with Crippen molar-refractivity contribution in [2.75, 3.05) is 7.11 Å². The standard InChI is InChI=1S/C11H17NO2/c1-7(2)8-4-9(6-12)11(13)10(5-8)14-3/h4-5,7,13H,6,12H2,1-3H3. The molecule has 0 aliphatic heterocycles. The monoisotopic (exact) mass is 195 g/mol. The molecular weight excluding hydrogens is 178 g/mol. The van der Waals surface area contributed by atoms with Crippen molar-refractivity contribution in [1.82, 2.24) is 0 Å². The molecule has 0 bridgehead atoms. The fourth-order valence-corrected chi connectivity index (χ4v) is 1.33. The minimum absolute atomic E-state index is 0.152. The van der Waals surface area contributed by atoms with Gasteiger partial charge in [0.2, 0.25) is 0 Å². The fourth-order valence-electron chi connectivity index (χ4n) is 1.33. The van der Waals surface area contributed by atoms with Crippen LogP contribution in [0.4, 0.5) is 0 Å². The van der Waals surface area contributed by atoms with E-state index in [2.05, 4.69) is 13.8 Å². The molecule has 0 unspecified atom stereocenters. The Balaban J connectivity index is 3.25. The highest BCUT2D eigenvalue weighted by atomic mass is 16.5. The molecule has 0 saturated carbocycles. The molecule has 1 aromatic carbocycles. The summed E-state index contributed by atoms with van der Waals surface area (Å²) in [6.45, 7) is 4.50. The van der Waals surface area contributed by atoms with Crippen LogP contribution in [0.25, 0.3) is 0 Å². The first kappa shape index (κ1) is 10.9. The van der Waals surface area contributed by atoms with E-state index in [0.717, 1.165) is 11.1 Å². The van der Waals surface area contributed by atoms with Gasteiger partial charge in [-0.2, -0.15) is 0 Å². The summed E-state index contributed by atoms with van der Waals surface area (Å²) < 4.78 is 5.07. The van der Waals surface area contributed by atoms with Gasteiger partial charge in [0.15, 0.2) is 11.5 Å². The van der Waals surface area contributed by atoms with E-state index in [1.165, 1.54) is 0 Å². The molecule has 0 radical (unpaired) electrons. The van der Waals surface area contributed by atoms with Crippen molar-refractivity contribution in [3.05, 3.63) is 23.3 Å². The molecule has 3 N–H and O–H groups in total. The highest BCUT2D eigenvalue weighted by Gasteiger charge is 2.10. The molecule has 0 atom stereocenters. The van der Waals surface area contributed by atoms with E-state index in [1.54, 1.807) is 7.11 Å². The first-order valence-corrected chi connectivity index (χ1v) is 4.70. The van der Waals surface area contributed by atoms with E-state index in [9.17, 15) is 5.11 Å². The molecule has 3 heteroatoms. The molecule has 0 aliphatic rings. The summed E-state index contributed by atoms with van der Waals surface area (Å²) in [6, 6.07) is 3.77. The Morgan fingerprint density at radius 2 is 2.07 bits per heavy atom. The van der Waals surface area contributed by atoms with Crippen LogP contribution in [0, 0.1) is 0 Å². The zero-order valence-corrected chi connectivity index (χ0v) is 8.87. The zero-order chi connectivity index (χ0) is 10.7. The Hall–Kier alpha value is -1.22. The number of phenols is 1. The lowest BCUT2D eigenvalue weighted by Crippen LogP contribution is -2.00. The lowest BCUT2D eigenvalue weighted by molar-refractivity contribution is 0.370. The number of methoxy groups -OCH3 is 1. The van der Waals surface area contributed by atoms with Crippen LogP contribution in [0.15, 0.2) is 12.1 Å². The largest absolute Gasteiger partial charge is 0.504 e. The van der Waals surface area contributed by atoms with Gasteiger partial charge in [-0.25, -0.2) is 0 Å². The molecule has 0 heterocycles. The summed E-state index contributed by atoms with van der Waals surface area (Å²) in [5, 5.41) is 9.69. The Morgan fingerprint density at radius 1 is 1.43 bits per heavy atom. The smallest absolute Gasteiger partial charge is 0.162 e. The molecule has 0 amide bonds. The van der Waals surface area contributed by atoms with Crippen LogP contribution in [-0.2, 0) is 6.54 Å². The van der Waals surface area contributed by atoms with E-state index < -0.39 is 0 Å². The van der Waals surface area contributed by atoms with Crippen molar-refractivity contribution in [3.8, 4) is 11.5 Å². The molecule has 14 heavy (non-hydrogen) atoms. The molecule has 1 rings (SSSR count). The number of benzene rings is 1. The number of hydrogen-bond acceptors (Lipinski definition) is 3. The number of ether oxygens (including phenoxy) is 1. The molecule has 0 saturated heterocycles. The molecule has 0 aliphatic carbocycles. The third-order valence-electron chi connectivity index (χ3n) is 2.28. The maximum atomic E-state index is 9.69. The van der Waals surface area contributed by atoms with Gasteiger partial charge in [-0.05, 0) is 17.5 Å². The predicted molar refractivity (Wildman–Crippen MR) is 56.6 cm³/mol. The van der Waals surface area contributed by atoms with Gasteiger partial charge < -0.3 is 15.6 Å². The number of phenolic OH excluding ortho intramolecular Hbond substituents is 1. The Morgan fingerprint density at radius 3 is 2.50 bits per heavy atom. The molecule has 78 valence electrons. The summed E-state index contributed by atoms with van der Waals surface area (Å²) >= 11 is 0. The predicted octanol–water partition coefficient (Wildman–Crippen LogP) is 1.98. The Kier molecular flexibility index (Phi) is 3.36. The van der Waals surface area contributed by atoms with E-state index >= 15 is 0 Å². The average Bonchev–Trinajstić information content (AvgIpc) is 2.17. The lowest BCUT2D eigenvalue weighted by Gasteiger charge is -2.12. The van der Waals surface area contributed by atoms with Gasteiger partial charge >= 0.3 is 0 Å². The normalized spacial score (nSPS) is 10.6. The van der Waals surface area contributed by atoms with Crippen molar-refractivity contribution >= 4 is 0 Å². The van der Waals surface area contributed by atoms with Gasteiger partial charge in [0.05, 0.1) is 7.11 Å². The maximum Gasteiger partial charge on any atom is 0.162 e. The van der Waals surface area contributed by atoms with Gasteiger partial charge in [-0.15, -0.1) is 0 Å². The SMILES string of the molecule is COc1cc(C(C)C)cc(CN)c1O. The second-order valence-electron chi connectivity index (χ2n) is 3.59. The molecule has 0 spiro atoms. The van der Waals surface area contributed by atoms with E-state index in [0.29, 0.717) is 18.2 Å².